The van der Waals surface area contributed by atoms with Crippen LogP contribution in [0.1, 0.15) is 48.9 Å². The minimum Gasteiger partial charge on any atom is -0.366 e. The van der Waals surface area contributed by atoms with E-state index in [1.165, 1.54) is 18.9 Å². The fourth-order valence-corrected chi connectivity index (χ4v) is 4.15. The highest BCUT2D eigenvalue weighted by Crippen LogP contribution is 2.32. The molecule has 2 heterocycles. The second kappa shape index (κ2) is 7.84. The van der Waals surface area contributed by atoms with Gasteiger partial charge in [-0.25, -0.2) is 0 Å². The first kappa shape index (κ1) is 18.2. The molecule has 4 rings (SSSR count). The van der Waals surface area contributed by atoms with Gasteiger partial charge in [0.25, 0.3) is 11.6 Å². The van der Waals surface area contributed by atoms with E-state index in [4.69, 9.17) is 0 Å². The van der Waals surface area contributed by atoms with E-state index >= 15 is 0 Å². The SMILES string of the molecule is O=C(c1ccc(N2CCCC2)c([N+](=O)[O-])c1)N1CCC(NCC2CC2)CC1. The number of anilines is 1. The number of amides is 1. The predicted molar refractivity (Wildman–Crippen MR) is 104 cm³/mol. The number of nitro benzene ring substituents is 1. The molecule has 3 fully saturated rings. The van der Waals surface area contributed by atoms with E-state index in [1.54, 1.807) is 12.1 Å². The number of carbonyl (C=O) groups is 1. The molecule has 1 amide bonds. The van der Waals surface area contributed by atoms with Crippen molar-refractivity contribution in [3.63, 3.8) is 0 Å². The van der Waals surface area contributed by atoms with Crippen LogP contribution in [-0.4, -0.2) is 54.5 Å². The topological polar surface area (TPSA) is 78.7 Å². The van der Waals surface area contributed by atoms with Crippen LogP contribution in [0, 0.1) is 16.0 Å². The zero-order valence-corrected chi connectivity index (χ0v) is 15.7. The van der Waals surface area contributed by atoms with Gasteiger partial charge in [-0.1, -0.05) is 0 Å². The van der Waals surface area contributed by atoms with Crippen LogP contribution in [0.25, 0.3) is 0 Å². The molecule has 1 aromatic rings. The van der Waals surface area contributed by atoms with Gasteiger partial charge in [0.2, 0.25) is 0 Å². The Bertz CT molecular complexity index is 705. The molecule has 1 aliphatic carbocycles. The van der Waals surface area contributed by atoms with E-state index in [-0.39, 0.29) is 16.5 Å². The number of rotatable bonds is 6. The van der Waals surface area contributed by atoms with E-state index in [1.807, 2.05) is 9.80 Å². The maximum Gasteiger partial charge on any atom is 0.293 e. The molecule has 2 aliphatic heterocycles. The first-order chi connectivity index (χ1) is 13.1. The molecule has 0 unspecified atom stereocenters. The van der Waals surface area contributed by atoms with Crippen molar-refractivity contribution in [3.05, 3.63) is 33.9 Å². The minimum absolute atomic E-state index is 0.0451. The fraction of sp³-hybridized carbons (Fsp3) is 0.650. The Morgan fingerprint density at radius 2 is 1.81 bits per heavy atom. The second-order valence-electron chi connectivity index (χ2n) is 8.07. The molecule has 1 saturated carbocycles. The quantitative estimate of drug-likeness (QED) is 0.614. The molecule has 146 valence electrons. The Labute approximate surface area is 159 Å². The van der Waals surface area contributed by atoms with Crippen molar-refractivity contribution in [1.82, 2.24) is 10.2 Å². The zero-order valence-electron chi connectivity index (χ0n) is 15.7. The maximum absolute atomic E-state index is 12.9. The van der Waals surface area contributed by atoms with Crippen molar-refractivity contribution in [3.8, 4) is 0 Å². The number of likely N-dealkylation sites (tertiary alicyclic amines) is 1. The Morgan fingerprint density at radius 3 is 2.44 bits per heavy atom. The fourth-order valence-electron chi connectivity index (χ4n) is 4.15. The molecule has 0 atom stereocenters. The van der Waals surface area contributed by atoms with E-state index in [2.05, 4.69) is 5.32 Å². The van der Waals surface area contributed by atoms with Gasteiger partial charge in [-0.15, -0.1) is 0 Å². The molecular formula is C20H28N4O3. The Morgan fingerprint density at radius 1 is 1.11 bits per heavy atom. The largest absolute Gasteiger partial charge is 0.366 e. The lowest BCUT2D eigenvalue weighted by Crippen LogP contribution is -2.45. The van der Waals surface area contributed by atoms with E-state index in [9.17, 15) is 14.9 Å². The lowest BCUT2D eigenvalue weighted by atomic mass is 10.0. The van der Waals surface area contributed by atoms with Crippen molar-refractivity contribution in [2.24, 2.45) is 5.92 Å². The summed E-state index contributed by atoms with van der Waals surface area (Å²) in [5, 5.41) is 15.2. The third kappa shape index (κ3) is 4.24. The average molecular weight is 372 g/mol. The van der Waals surface area contributed by atoms with Gasteiger partial charge in [0.1, 0.15) is 5.69 Å². The van der Waals surface area contributed by atoms with Crippen molar-refractivity contribution >= 4 is 17.3 Å². The van der Waals surface area contributed by atoms with Crippen LogP contribution in [-0.2, 0) is 0 Å². The van der Waals surface area contributed by atoms with E-state index in [0.29, 0.717) is 30.4 Å². The molecule has 0 spiro atoms. The number of piperidine rings is 1. The third-order valence-corrected chi connectivity index (χ3v) is 6.04. The highest BCUT2D eigenvalue weighted by Gasteiger charge is 2.28. The number of nitrogens with one attached hydrogen (secondary N) is 1. The van der Waals surface area contributed by atoms with Crippen LogP contribution in [0.15, 0.2) is 18.2 Å². The maximum atomic E-state index is 12.9. The number of hydrogen-bond donors (Lipinski definition) is 1. The van der Waals surface area contributed by atoms with Crippen LogP contribution in [0.4, 0.5) is 11.4 Å². The van der Waals surface area contributed by atoms with Crippen LogP contribution in [0.2, 0.25) is 0 Å². The number of nitro groups is 1. The molecule has 3 aliphatic rings. The molecule has 0 radical (unpaired) electrons. The van der Waals surface area contributed by atoms with Crippen LogP contribution in [0.5, 0.6) is 0 Å². The molecule has 7 heteroatoms. The van der Waals surface area contributed by atoms with Crippen molar-refractivity contribution < 1.29 is 9.72 Å². The summed E-state index contributed by atoms with van der Waals surface area (Å²) in [6.45, 7) is 4.21. The van der Waals surface area contributed by atoms with Gasteiger partial charge in [0.05, 0.1) is 4.92 Å². The summed E-state index contributed by atoms with van der Waals surface area (Å²) in [6, 6.07) is 5.45. The van der Waals surface area contributed by atoms with Crippen LogP contribution < -0.4 is 10.2 Å². The lowest BCUT2D eigenvalue weighted by molar-refractivity contribution is -0.384. The van der Waals surface area contributed by atoms with Gasteiger partial charge >= 0.3 is 0 Å². The van der Waals surface area contributed by atoms with Gasteiger partial charge in [-0.3, -0.25) is 14.9 Å². The Hall–Kier alpha value is -2.15. The minimum atomic E-state index is -0.363. The molecule has 27 heavy (non-hydrogen) atoms. The van der Waals surface area contributed by atoms with Crippen LogP contribution in [0.3, 0.4) is 0 Å². The van der Waals surface area contributed by atoms with Gasteiger partial charge in [-0.2, -0.15) is 0 Å². The Kier molecular flexibility index (Phi) is 5.29. The summed E-state index contributed by atoms with van der Waals surface area (Å²) in [7, 11) is 0. The predicted octanol–water partition coefficient (Wildman–Crippen LogP) is 2.80. The molecule has 0 aromatic heterocycles. The first-order valence-corrected chi connectivity index (χ1v) is 10.2. The lowest BCUT2D eigenvalue weighted by Gasteiger charge is -2.32. The molecular weight excluding hydrogens is 344 g/mol. The first-order valence-electron chi connectivity index (χ1n) is 10.2. The van der Waals surface area contributed by atoms with Crippen molar-refractivity contribution in [2.75, 3.05) is 37.6 Å². The zero-order chi connectivity index (χ0) is 18.8. The molecule has 2 saturated heterocycles. The van der Waals surface area contributed by atoms with Gasteiger partial charge in [-0.05, 0) is 63.1 Å². The Balaban J connectivity index is 1.40. The van der Waals surface area contributed by atoms with E-state index < -0.39 is 0 Å². The smallest absolute Gasteiger partial charge is 0.293 e. The van der Waals surface area contributed by atoms with Crippen LogP contribution >= 0.6 is 0 Å². The molecule has 1 aromatic carbocycles. The third-order valence-electron chi connectivity index (χ3n) is 6.04. The molecule has 7 nitrogen and oxygen atoms in total. The summed E-state index contributed by atoms with van der Waals surface area (Å²) in [6.07, 6.45) is 6.70. The molecule has 1 N–H and O–H groups in total. The van der Waals surface area contributed by atoms with Gasteiger partial charge in [0.15, 0.2) is 0 Å². The van der Waals surface area contributed by atoms with Gasteiger partial charge in [0, 0.05) is 43.9 Å². The summed E-state index contributed by atoms with van der Waals surface area (Å²) >= 11 is 0. The summed E-state index contributed by atoms with van der Waals surface area (Å²) in [5.41, 5.74) is 1.11. The highest BCUT2D eigenvalue weighted by molar-refractivity contribution is 5.96. The molecule has 0 bridgehead atoms. The highest BCUT2D eigenvalue weighted by atomic mass is 16.6. The van der Waals surface area contributed by atoms with Crippen molar-refractivity contribution in [1.29, 1.82) is 0 Å². The number of benzene rings is 1. The summed E-state index contributed by atoms with van der Waals surface area (Å²) < 4.78 is 0. The normalized spacial score (nSPS) is 20.9. The standard InChI is InChI=1S/C20H28N4O3/c25-20(23-11-7-17(8-12-23)21-14-15-3-4-15)16-5-6-18(19(13-16)24(26)27)22-9-1-2-10-22/h5-6,13,15,17,21H,1-4,7-12,14H2. The monoisotopic (exact) mass is 372 g/mol. The summed E-state index contributed by atoms with van der Waals surface area (Å²) in [4.78, 5) is 27.9. The number of nitrogens with zero attached hydrogens (tertiary/aromatic N) is 3. The van der Waals surface area contributed by atoms with Crippen molar-refractivity contribution in [2.45, 2.75) is 44.6 Å². The summed E-state index contributed by atoms with van der Waals surface area (Å²) in [5.74, 6) is 0.769. The second-order valence-corrected chi connectivity index (χ2v) is 8.07. The number of carbonyl (C=O) groups excluding carboxylic acids is 1. The average Bonchev–Trinajstić information content (AvgIpc) is 3.37. The van der Waals surface area contributed by atoms with Gasteiger partial charge < -0.3 is 15.1 Å². The van der Waals surface area contributed by atoms with E-state index in [0.717, 1.165) is 51.2 Å². The number of hydrogen-bond acceptors (Lipinski definition) is 5.